The maximum atomic E-state index is 12.5. The number of nitrogens with one attached hydrogen (secondary N) is 1. The average Bonchev–Trinajstić information content (AvgIpc) is 2.78. The van der Waals surface area contributed by atoms with Crippen molar-refractivity contribution in [2.75, 3.05) is 30.9 Å². The molecule has 148 valence electrons. The molecular weight excluding hydrogens is 370 g/mol. The van der Waals surface area contributed by atoms with Gasteiger partial charge in [0.25, 0.3) is 5.91 Å². The Morgan fingerprint density at radius 2 is 1.76 bits per heavy atom. The van der Waals surface area contributed by atoms with Crippen LogP contribution in [0.15, 0.2) is 61.2 Å². The van der Waals surface area contributed by atoms with Crippen molar-refractivity contribution in [2.24, 2.45) is 0 Å². The lowest BCUT2D eigenvalue weighted by molar-refractivity contribution is 0.0602. The van der Waals surface area contributed by atoms with E-state index in [0.717, 1.165) is 13.0 Å². The number of carbonyl (C=O) groups is 2. The van der Waals surface area contributed by atoms with Crippen molar-refractivity contribution in [3.8, 4) is 0 Å². The average molecular weight is 391 g/mol. The summed E-state index contributed by atoms with van der Waals surface area (Å²) in [4.78, 5) is 38.8. The molecule has 8 nitrogen and oxygen atoms in total. The minimum Gasteiger partial charge on any atom is -0.465 e. The van der Waals surface area contributed by atoms with Gasteiger partial charge in [-0.2, -0.15) is 0 Å². The Balaban J connectivity index is 1.64. The molecule has 0 fully saturated rings. The number of amides is 1. The second-order valence-corrected chi connectivity index (χ2v) is 6.29. The van der Waals surface area contributed by atoms with Crippen molar-refractivity contribution < 1.29 is 14.3 Å². The summed E-state index contributed by atoms with van der Waals surface area (Å²) in [6.07, 6.45) is 7.27. The highest BCUT2D eigenvalue weighted by Crippen LogP contribution is 2.17. The number of rotatable bonds is 7. The van der Waals surface area contributed by atoms with Gasteiger partial charge in [0, 0.05) is 38.4 Å². The number of pyridine rings is 1. The summed E-state index contributed by atoms with van der Waals surface area (Å²) in [5.74, 6) is -0.416. The Labute approximate surface area is 168 Å². The molecule has 2 heterocycles. The fourth-order valence-electron chi connectivity index (χ4n) is 2.66. The number of hydrogen-bond acceptors (Lipinski definition) is 7. The van der Waals surface area contributed by atoms with Crippen LogP contribution in [0.4, 0.5) is 11.6 Å². The predicted molar refractivity (Wildman–Crippen MR) is 109 cm³/mol. The third-order valence-corrected chi connectivity index (χ3v) is 4.31. The summed E-state index contributed by atoms with van der Waals surface area (Å²) in [6.45, 7) is 0.724. The molecule has 0 radical (unpaired) electrons. The quantitative estimate of drug-likeness (QED) is 0.618. The second kappa shape index (κ2) is 9.41. The molecule has 29 heavy (non-hydrogen) atoms. The molecule has 0 bridgehead atoms. The topological polar surface area (TPSA) is 97.3 Å². The van der Waals surface area contributed by atoms with E-state index >= 15 is 0 Å². The second-order valence-electron chi connectivity index (χ2n) is 6.29. The Morgan fingerprint density at radius 1 is 1.07 bits per heavy atom. The first-order valence-electron chi connectivity index (χ1n) is 8.99. The fourth-order valence-corrected chi connectivity index (χ4v) is 2.66. The van der Waals surface area contributed by atoms with Crippen molar-refractivity contribution in [3.05, 3.63) is 77.9 Å². The van der Waals surface area contributed by atoms with Crippen molar-refractivity contribution >= 4 is 23.5 Å². The molecule has 0 aliphatic carbocycles. The number of aromatic nitrogens is 3. The van der Waals surface area contributed by atoms with Gasteiger partial charge < -0.3 is 15.0 Å². The molecule has 3 rings (SSSR count). The smallest absolute Gasteiger partial charge is 0.339 e. The van der Waals surface area contributed by atoms with Crippen LogP contribution in [-0.2, 0) is 11.2 Å². The first kappa shape index (κ1) is 19.9. The fraction of sp³-hybridized carbons (Fsp3) is 0.190. The van der Waals surface area contributed by atoms with Gasteiger partial charge in [-0.3, -0.25) is 9.78 Å². The summed E-state index contributed by atoms with van der Waals surface area (Å²) in [5.41, 5.74) is 2.10. The van der Waals surface area contributed by atoms with E-state index < -0.39 is 11.9 Å². The molecule has 8 heteroatoms. The van der Waals surface area contributed by atoms with Gasteiger partial charge in [-0.15, -0.1) is 0 Å². The molecule has 0 unspecified atom stereocenters. The number of nitrogens with zero attached hydrogens (tertiary/aromatic N) is 4. The van der Waals surface area contributed by atoms with Gasteiger partial charge in [-0.25, -0.2) is 14.8 Å². The minimum absolute atomic E-state index is 0.275. The number of carbonyl (C=O) groups excluding carboxylic acids is 2. The number of ether oxygens (including phenoxy) is 1. The van der Waals surface area contributed by atoms with Crippen molar-refractivity contribution in [2.45, 2.75) is 6.42 Å². The van der Waals surface area contributed by atoms with Crippen LogP contribution in [0.25, 0.3) is 0 Å². The zero-order valence-electron chi connectivity index (χ0n) is 16.2. The number of hydrogen-bond donors (Lipinski definition) is 1. The van der Waals surface area contributed by atoms with Crippen LogP contribution >= 0.6 is 0 Å². The largest absolute Gasteiger partial charge is 0.465 e. The van der Waals surface area contributed by atoms with Gasteiger partial charge in [0.05, 0.1) is 23.9 Å². The van der Waals surface area contributed by atoms with E-state index in [1.54, 1.807) is 36.7 Å². The lowest BCUT2D eigenvalue weighted by atomic mass is 10.1. The lowest BCUT2D eigenvalue weighted by Gasteiger charge is -2.17. The number of anilines is 2. The van der Waals surface area contributed by atoms with Crippen LogP contribution in [0.1, 0.15) is 26.3 Å². The summed E-state index contributed by atoms with van der Waals surface area (Å²) in [7, 11) is 3.18. The molecule has 3 aromatic rings. The van der Waals surface area contributed by atoms with E-state index in [1.807, 2.05) is 24.1 Å². The van der Waals surface area contributed by atoms with Gasteiger partial charge in [0.2, 0.25) is 5.95 Å². The van der Waals surface area contributed by atoms with Crippen LogP contribution in [0.3, 0.4) is 0 Å². The van der Waals surface area contributed by atoms with Crippen molar-refractivity contribution in [3.63, 3.8) is 0 Å². The molecule has 0 aliphatic heterocycles. The van der Waals surface area contributed by atoms with Crippen LogP contribution < -0.4 is 10.2 Å². The Morgan fingerprint density at radius 3 is 2.45 bits per heavy atom. The van der Waals surface area contributed by atoms with E-state index in [-0.39, 0.29) is 11.1 Å². The zero-order valence-corrected chi connectivity index (χ0v) is 16.2. The Hall–Kier alpha value is -3.81. The molecule has 0 saturated carbocycles. The number of benzene rings is 1. The number of likely N-dealkylation sites (N-methyl/N-ethyl adjacent to an activating group) is 1. The number of esters is 1. The van der Waals surface area contributed by atoms with Crippen molar-refractivity contribution in [1.29, 1.82) is 0 Å². The van der Waals surface area contributed by atoms with Crippen LogP contribution in [0.5, 0.6) is 0 Å². The maximum Gasteiger partial charge on any atom is 0.339 e. The van der Waals surface area contributed by atoms with Gasteiger partial charge in [0.15, 0.2) is 0 Å². The molecular formula is C21H21N5O3. The van der Waals surface area contributed by atoms with Gasteiger partial charge in [0.1, 0.15) is 0 Å². The van der Waals surface area contributed by atoms with Gasteiger partial charge in [-0.05, 0) is 36.2 Å². The van der Waals surface area contributed by atoms with Crippen LogP contribution in [0, 0.1) is 0 Å². The number of para-hydroxylation sites is 1. The van der Waals surface area contributed by atoms with Gasteiger partial charge in [-0.1, -0.05) is 12.1 Å². The van der Waals surface area contributed by atoms with E-state index in [4.69, 9.17) is 4.74 Å². The highest BCUT2D eigenvalue weighted by Gasteiger charge is 2.15. The highest BCUT2D eigenvalue weighted by molar-refractivity contribution is 6.07. The van der Waals surface area contributed by atoms with Crippen LogP contribution in [0.2, 0.25) is 0 Å². The monoisotopic (exact) mass is 391 g/mol. The van der Waals surface area contributed by atoms with E-state index in [9.17, 15) is 9.59 Å². The zero-order chi connectivity index (χ0) is 20.6. The SMILES string of the molecule is COC(=O)c1ccccc1NC(=O)c1cnc(N(C)CCc2ccncc2)nc1. The predicted octanol–water partition coefficient (Wildman–Crippen LogP) is 2.59. The molecule has 1 aromatic carbocycles. The standard InChI is InChI=1S/C21H21N5O3/c1-26(12-9-15-7-10-22-11-8-15)21-23-13-16(14-24-21)19(27)25-18-6-4-3-5-17(18)20(28)29-2/h3-8,10-11,13-14H,9,12H2,1-2H3,(H,25,27). The molecule has 0 atom stereocenters. The van der Waals surface area contributed by atoms with Crippen LogP contribution in [-0.4, -0.2) is 47.5 Å². The summed E-state index contributed by atoms with van der Waals surface area (Å²) in [6, 6.07) is 10.6. The molecule has 1 amide bonds. The normalized spacial score (nSPS) is 10.3. The first-order chi connectivity index (χ1) is 14.1. The minimum atomic E-state index is -0.525. The summed E-state index contributed by atoms with van der Waals surface area (Å²) >= 11 is 0. The molecule has 2 aromatic heterocycles. The van der Waals surface area contributed by atoms with E-state index in [0.29, 0.717) is 11.6 Å². The number of methoxy groups -OCH3 is 1. The lowest BCUT2D eigenvalue weighted by Crippen LogP contribution is -2.23. The Bertz CT molecular complexity index is 977. The Kier molecular flexibility index (Phi) is 6.47. The molecule has 1 N–H and O–H groups in total. The van der Waals surface area contributed by atoms with E-state index in [1.165, 1.54) is 25.1 Å². The van der Waals surface area contributed by atoms with Crippen molar-refractivity contribution in [1.82, 2.24) is 15.0 Å². The highest BCUT2D eigenvalue weighted by atomic mass is 16.5. The third kappa shape index (κ3) is 5.13. The molecule has 0 spiro atoms. The first-order valence-corrected chi connectivity index (χ1v) is 8.99. The van der Waals surface area contributed by atoms with Gasteiger partial charge >= 0.3 is 5.97 Å². The molecule has 0 aliphatic rings. The maximum absolute atomic E-state index is 12.5. The molecule has 0 saturated heterocycles. The van der Waals surface area contributed by atoms with E-state index in [2.05, 4.69) is 20.3 Å². The third-order valence-electron chi connectivity index (χ3n) is 4.31. The summed E-state index contributed by atoms with van der Waals surface area (Å²) in [5, 5.41) is 2.70. The summed E-state index contributed by atoms with van der Waals surface area (Å²) < 4.78 is 4.74.